The number of oxazole rings is 1. The molecule has 50 heavy (non-hydrogen) atoms. The Balaban J connectivity index is 1.15. The predicted molar refractivity (Wildman–Crippen MR) is 175 cm³/mol. The number of fused-ring (bicyclic) bond motifs is 1. The molecular formula is C31H27FN8O8S2. The molecule has 5 heterocycles. The molecule has 1 saturated heterocycles. The Labute approximate surface area is 290 Å². The van der Waals surface area contributed by atoms with Gasteiger partial charge in [0.25, 0.3) is 11.8 Å². The predicted octanol–water partition coefficient (Wildman–Crippen LogP) is -0.346. The van der Waals surface area contributed by atoms with E-state index in [1.54, 1.807) is 35.2 Å². The number of hydrogen-bond donors (Lipinski definition) is 3. The van der Waals surface area contributed by atoms with Gasteiger partial charge in [-0.15, -0.1) is 23.1 Å². The summed E-state index contributed by atoms with van der Waals surface area (Å²) < 4.78 is 23.2. The second-order valence-electron chi connectivity index (χ2n) is 11.0. The first kappa shape index (κ1) is 34.1. The van der Waals surface area contributed by atoms with Crippen molar-refractivity contribution in [3.05, 3.63) is 92.7 Å². The molecule has 0 saturated carbocycles. The molecule has 3 aromatic heterocycles. The number of nitrogens with one attached hydrogen (secondary N) is 2. The number of nitrogens with two attached hydrogens (primary N) is 1. The maximum Gasteiger partial charge on any atom is 0.423 e. The van der Waals surface area contributed by atoms with Crippen molar-refractivity contribution in [2.75, 3.05) is 18.6 Å². The highest BCUT2D eigenvalue weighted by Gasteiger charge is 2.53. The zero-order chi connectivity index (χ0) is 35.7. The Morgan fingerprint density at radius 2 is 2.00 bits per heavy atom. The van der Waals surface area contributed by atoms with E-state index in [-0.39, 0.29) is 64.0 Å². The quantitative estimate of drug-likeness (QED) is 0.0787. The summed E-state index contributed by atoms with van der Waals surface area (Å²) in [4.78, 5) is 71.8. The maximum atomic E-state index is 15.3. The molecule has 6 rings (SSSR count). The van der Waals surface area contributed by atoms with Crippen LogP contribution in [0.2, 0.25) is 0 Å². The van der Waals surface area contributed by atoms with Gasteiger partial charge in [0, 0.05) is 41.3 Å². The zero-order valence-electron chi connectivity index (χ0n) is 26.2. The van der Waals surface area contributed by atoms with Crippen LogP contribution in [0.15, 0.2) is 79.9 Å². The molecule has 3 amide bonds. The van der Waals surface area contributed by atoms with Crippen molar-refractivity contribution in [2.24, 2.45) is 5.16 Å². The largest absolute Gasteiger partial charge is 0.543 e. The third-order valence-corrected chi connectivity index (χ3v) is 9.86. The number of aromatic nitrogens is 3. The number of nitrogens with zero attached hydrogens (tertiary/aromatic N) is 5. The number of hydrogen-bond acceptors (Lipinski definition) is 13. The van der Waals surface area contributed by atoms with E-state index < -0.39 is 40.8 Å². The Bertz CT molecular complexity index is 2140. The fourth-order valence-electron chi connectivity index (χ4n) is 5.37. The highest BCUT2D eigenvalue weighted by molar-refractivity contribution is 8.00. The minimum atomic E-state index is -1.54. The van der Waals surface area contributed by atoms with E-state index >= 15 is 4.39 Å². The van der Waals surface area contributed by atoms with Crippen molar-refractivity contribution in [1.82, 2.24) is 25.1 Å². The number of carbonyl (C=O) groups excluding carboxylic acids is 4. The number of oxime groups is 1. The summed E-state index contributed by atoms with van der Waals surface area (Å²) in [6.45, 7) is 1.42. The van der Waals surface area contributed by atoms with E-state index in [0.29, 0.717) is 11.1 Å². The van der Waals surface area contributed by atoms with Crippen LogP contribution in [0.3, 0.4) is 0 Å². The highest BCUT2D eigenvalue weighted by atomic mass is 32.2. The molecule has 19 heteroatoms. The molecule has 0 aliphatic carbocycles. The Morgan fingerprint density at radius 3 is 2.64 bits per heavy atom. The molecule has 16 nitrogen and oxygen atoms in total. The van der Waals surface area contributed by atoms with Gasteiger partial charge < -0.3 is 35.5 Å². The highest BCUT2D eigenvalue weighted by Crippen LogP contribution is 2.40. The van der Waals surface area contributed by atoms with Crippen LogP contribution in [0.1, 0.15) is 17.7 Å². The Hall–Kier alpha value is -5.82. The van der Waals surface area contributed by atoms with Crippen LogP contribution in [0, 0.1) is 5.82 Å². The molecule has 258 valence electrons. The fraction of sp³-hybridized carbons (Fsp3) is 0.226. The number of amides is 3. The van der Waals surface area contributed by atoms with E-state index in [2.05, 4.69) is 20.8 Å². The number of β-lactam (4-membered cyclic amide) rings is 1. The summed E-state index contributed by atoms with van der Waals surface area (Å²) in [6, 6.07) is 6.48. The van der Waals surface area contributed by atoms with Crippen LogP contribution in [0.5, 0.6) is 0 Å². The average Bonchev–Trinajstić information content (AvgIpc) is 3.69. The normalized spacial score (nSPS) is 17.2. The van der Waals surface area contributed by atoms with Crippen molar-refractivity contribution in [1.29, 1.82) is 0 Å². The second-order valence-corrected chi connectivity index (χ2v) is 12.9. The average molecular weight is 723 g/mol. The lowest BCUT2D eigenvalue weighted by Crippen LogP contribution is -2.71. The summed E-state index contributed by atoms with van der Waals surface area (Å²) >= 11 is 2.34. The van der Waals surface area contributed by atoms with E-state index in [1.165, 1.54) is 49.5 Å². The topological polar surface area (TPSA) is 218 Å². The first-order chi connectivity index (χ1) is 23.9. The van der Waals surface area contributed by atoms with Crippen LogP contribution in [0.25, 0.3) is 16.8 Å². The smallest absolute Gasteiger partial charge is 0.423 e. The minimum absolute atomic E-state index is 0.00659. The summed E-state index contributed by atoms with van der Waals surface area (Å²) in [7, 11) is 1.25. The van der Waals surface area contributed by atoms with Gasteiger partial charge in [0.05, 0.1) is 30.1 Å². The van der Waals surface area contributed by atoms with Crippen LogP contribution >= 0.6 is 23.1 Å². The minimum Gasteiger partial charge on any atom is -0.543 e. The monoisotopic (exact) mass is 722 g/mol. The molecule has 2 aliphatic heterocycles. The molecule has 0 unspecified atom stereocenters. The van der Waals surface area contributed by atoms with Gasteiger partial charge in [0.1, 0.15) is 35.9 Å². The van der Waals surface area contributed by atoms with Crippen LogP contribution < -0.4 is 31.8 Å². The number of carbonyl (C=O) groups is 4. The summed E-state index contributed by atoms with van der Waals surface area (Å²) in [5.41, 5.74) is 6.58. The first-order valence-corrected chi connectivity index (χ1v) is 16.6. The van der Waals surface area contributed by atoms with Crippen LogP contribution in [-0.2, 0) is 37.1 Å². The Kier molecular flexibility index (Phi) is 9.51. The number of aliphatic carboxylic acids is 1. The molecule has 4 N–H and O–H groups in total. The molecule has 1 fully saturated rings. The molecule has 0 radical (unpaired) electrons. The number of pyridine rings is 1. The number of carboxylic acids is 1. The van der Waals surface area contributed by atoms with Crippen LogP contribution in [0.4, 0.5) is 10.2 Å². The number of rotatable bonds is 11. The number of carboxylic acid groups (broad SMARTS) is 1. The first-order valence-electron chi connectivity index (χ1n) is 14.7. The SMILES string of the molecule is CO/N=C(/C(=O)N[C@@H]1C(=O)N2C(C(=O)[O-])=C(C[n+]3ccc(-c4ccc(-n5cc(CNC(C)=O)oc5=O)cc4F)cc3)CS[C@@H]12)c1nc(N)cs1. The van der Waals surface area contributed by atoms with E-state index in [9.17, 15) is 29.1 Å². The summed E-state index contributed by atoms with van der Waals surface area (Å²) in [5, 5.41) is 22.1. The number of halogens is 1. The van der Waals surface area contributed by atoms with Crippen molar-refractivity contribution in [3.63, 3.8) is 0 Å². The lowest BCUT2D eigenvalue weighted by Gasteiger charge is -2.50. The van der Waals surface area contributed by atoms with Crippen LogP contribution in [-0.4, -0.2) is 68.1 Å². The number of nitrogen functional groups attached to an aromatic ring is 1. The zero-order valence-corrected chi connectivity index (χ0v) is 27.9. The number of thioether (sulfide) groups is 1. The van der Waals surface area contributed by atoms with Gasteiger partial charge in [-0.25, -0.2) is 23.3 Å². The molecular weight excluding hydrogens is 696 g/mol. The maximum absolute atomic E-state index is 15.3. The fourth-order valence-corrected chi connectivity index (χ4v) is 7.39. The van der Waals surface area contributed by atoms with Gasteiger partial charge in [0.15, 0.2) is 23.9 Å². The molecule has 0 spiro atoms. The molecule has 0 bridgehead atoms. The lowest BCUT2D eigenvalue weighted by molar-refractivity contribution is -0.689. The molecule has 1 aromatic carbocycles. The lowest BCUT2D eigenvalue weighted by atomic mass is 10.0. The summed E-state index contributed by atoms with van der Waals surface area (Å²) in [6.07, 6.45) is 4.65. The standard InChI is InChI=1S/C31H27FN8O8S2/c1-15(41)34-10-19-12-39(31(46)48-19)18-3-4-20(21(32)9-18)16-5-7-38(8-6-16)11-17-13-50-29-24(28(43)40(29)25(17)30(44)45)36-26(42)23(37-47-2)27-35-22(33)14-49-27/h3-9,12,14,24,29H,10-11,13,33H2,1-2H3,(H2-,34,36,41,42,44,45)/b37-23-/t24-,29+/m1/s1. The molecule has 2 aliphatic rings. The summed E-state index contributed by atoms with van der Waals surface area (Å²) in [5.74, 6) is -3.95. The second kappa shape index (κ2) is 14.0. The molecule has 2 atom stereocenters. The molecule has 4 aromatic rings. The van der Waals surface area contributed by atoms with Gasteiger partial charge in [-0.2, -0.15) is 0 Å². The third kappa shape index (κ3) is 6.72. The van der Waals surface area contributed by atoms with Crippen molar-refractivity contribution >= 4 is 58.3 Å². The van der Waals surface area contributed by atoms with Crippen molar-refractivity contribution in [2.45, 2.75) is 31.4 Å². The van der Waals surface area contributed by atoms with E-state index in [0.717, 1.165) is 20.8 Å². The third-order valence-electron chi connectivity index (χ3n) is 7.66. The van der Waals surface area contributed by atoms with E-state index in [1.807, 2.05) is 0 Å². The van der Waals surface area contributed by atoms with Crippen molar-refractivity contribution < 1.29 is 42.5 Å². The van der Waals surface area contributed by atoms with Gasteiger partial charge in [-0.3, -0.25) is 19.3 Å². The van der Waals surface area contributed by atoms with Gasteiger partial charge in [-0.1, -0.05) is 5.16 Å². The number of benzene rings is 1. The Morgan fingerprint density at radius 1 is 1.24 bits per heavy atom. The van der Waals surface area contributed by atoms with E-state index in [4.69, 9.17) is 15.0 Å². The number of anilines is 1. The van der Waals surface area contributed by atoms with Gasteiger partial charge in [-0.05, 0) is 23.8 Å². The van der Waals surface area contributed by atoms with Gasteiger partial charge >= 0.3 is 5.76 Å². The van der Waals surface area contributed by atoms with Gasteiger partial charge in [0.2, 0.25) is 11.6 Å². The number of thiazole rings is 1. The van der Waals surface area contributed by atoms with Crippen molar-refractivity contribution in [3.8, 4) is 16.8 Å².